The zero-order valence-electron chi connectivity index (χ0n) is 11.9. The van der Waals surface area contributed by atoms with Gasteiger partial charge in [-0.2, -0.15) is 0 Å². The molecule has 1 N–H and O–H groups in total. The molecule has 108 valence electrons. The van der Waals surface area contributed by atoms with Crippen molar-refractivity contribution in [3.05, 3.63) is 58.1 Å². The maximum Gasteiger partial charge on any atom is 0.258 e. The Kier molecular flexibility index (Phi) is 3.97. The monoisotopic (exact) mass is 344 g/mol. The summed E-state index contributed by atoms with van der Waals surface area (Å²) in [7, 11) is 0. The Morgan fingerprint density at radius 3 is 2.86 bits per heavy atom. The molecule has 1 aliphatic heterocycles. The standard InChI is InChI=1S/C17H17BrN2O/c1-12-13(6-4-7-14(12)18)17(21)20-11-5-10-19-15-8-2-3-9-16(15)20/h2-4,6-9,19H,5,10-11H2,1H3. The van der Waals surface area contributed by atoms with Crippen molar-refractivity contribution in [1.29, 1.82) is 0 Å². The molecule has 4 heteroatoms. The van der Waals surface area contributed by atoms with E-state index in [2.05, 4.69) is 21.2 Å². The third-order valence-electron chi connectivity index (χ3n) is 3.81. The lowest BCUT2D eigenvalue weighted by molar-refractivity contribution is 0.0986. The van der Waals surface area contributed by atoms with Crippen molar-refractivity contribution in [2.75, 3.05) is 23.3 Å². The third-order valence-corrected chi connectivity index (χ3v) is 4.67. The highest BCUT2D eigenvalue weighted by Crippen LogP contribution is 2.30. The number of hydrogen-bond donors (Lipinski definition) is 1. The highest BCUT2D eigenvalue weighted by molar-refractivity contribution is 9.10. The molecule has 2 aromatic carbocycles. The van der Waals surface area contributed by atoms with Crippen LogP contribution in [0.1, 0.15) is 22.3 Å². The minimum Gasteiger partial charge on any atom is -0.383 e. The first-order valence-electron chi connectivity index (χ1n) is 7.08. The number of nitrogens with zero attached hydrogens (tertiary/aromatic N) is 1. The van der Waals surface area contributed by atoms with Gasteiger partial charge < -0.3 is 10.2 Å². The van der Waals surface area contributed by atoms with E-state index >= 15 is 0 Å². The lowest BCUT2D eigenvalue weighted by Crippen LogP contribution is -2.32. The molecule has 0 atom stereocenters. The first kappa shape index (κ1) is 14.1. The SMILES string of the molecule is Cc1c(Br)cccc1C(=O)N1CCCNc2ccccc21. The summed E-state index contributed by atoms with van der Waals surface area (Å²) >= 11 is 3.50. The number of fused-ring (bicyclic) bond motifs is 1. The number of amides is 1. The molecule has 3 nitrogen and oxygen atoms in total. The quantitative estimate of drug-likeness (QED) is 0.839. The number of benzene rings is 2. The second-order valence-corrected chi connectivity index (χ2v) is 6.02. The number of nitrogens with one attached hydrogen (secondary N) is 1. The molecule has 1 amide bonds. The molecule has 0 bridgehead atoms. The molecule has 0 saturated heterocycles. The van der Waals surface area contributed by atoms with Crippen LogP contribution in [-0.2, 0) is 0 Å². The van der Waals surface area contributed by atoms with Gasteiger partial charge in [0.15, 0.2) is 0 Å². The smallest absolute Gasteiger partial charge is 0.258 e. The number of rotatable bonds is 1. The zero-order chi connectivity index (χ0) is 14.8. The van der Waals surface area contributed by atoms with Gasteiger partial charge in [0.2, 0.25) is 0 Å². The zero-order valence-corrected chi connectivity index (χ0v) is 13.5. The van der Waals surface area contributed by atoms with Gasteiger partial charge in [0.05, 0.1) is 11.4 Å². The van der Waals surface area contributed by atoms with Gasteiger partial charge in [-0.3, -0.25) is 4.79 Å². The van der Waals surface area contributed by atoms with Crippen molar-refractivity contribution in [2.45, 2.75) is 13.3 Å². The minimum atomic E-state index is 0.0601. The fourth-order valence-electron chi connectivity index (χ4n) is 2.63. The normalized spacial score (nSPS) is 14.1. The summed E-state index contributed by atoms with van der Waals surface area (Å²) in [5.74, 6) is 0.0601. The molecule has 21 heavy (non-hydrogen) atoms. The van der Waals surface area contributed by atoms with Gasteiger partial charge in [-0.15, -0.1) is 0 Å². The van der Waals surface area contributed by atoms with Gasteiger partial charge in [-0.25, -0.2) is 0 Å². The summed E-state index contributed by atoms with van der Waals surface area (Å²) in [6, 6.07) is 13.7. The Morgan fingerprint density at radius 1 is 1.19 bits per heavy atom. The molecule has 0 unspecified atom stereocenters. The van der Waals surface area contributed by atoms with Crippen molar-refractivity contribution in [1.82, 2.24) is 0 Å². The van der Waals surface area contributed by atoms with Gasteiger partial charge >= 0.3 is 0 Å². The second-order valence-electron chi connectivity index (χ2n) is 5.17. The number of anilines is 2. The molecule has 3 rings (SSSR count). The van der Waals surface area contributed by atoms with Crippen LogP contribution in [0, 0.1) is 6.92 Å². The Hall–Kier alpha value is -1.81. The minimum absolute atomic E-state index is 0.0601. The van der Waals surface area contributed by atoms with Crippen molar-refractivity contribution in [3.8, 4) is 0 Å². The van der Waals surface area contributed by atoms with Crippen LogP contribution in [0.2, 0.25) is 0 Å². The first-order valence-corrected chi connectivity index (χ1v) is 7.87. The van der Waals surface area contributed by atoms with Crippen molar-refractivity contribution in [2.24, 2.45) is 0 Å². The number of para-hydroxylation sites is 2. The topological polar surface area (TPSA) is 32.3 Å². The van der Waals surface area contributed by atoms with Crippen LogP contribution in [0.3, 0.4) is 0 Å². The molecule has 1 aliphatic rings. The van der Waals surface area contributed by atoms with E-state index in [0.717, 1.165) is 46.5 Å². The predicted molar refractivity (Wildman–Crippen MR) is 90.1 cm³/mol. The van der Waals surface area contributed by atoms with Crippen LogP contribution in [0.4, 0.5) is 11.4 Å². The average Bonchev–Trinajstić information content (AvgIpc) is 2.72. The number of halogens is 1. The Morgan fingerprint density at radius 2 is 2.00 bits per heavy atom. The molecular weight excluding hydrogens is 328 g/mol. The second kappa shape index (κ2) is 5.90. The fraction of sp³-hybridized carbons (Fsp3) is 0.235. The van der Waals surface area contributed by atoms with Crippen molar-refractivity contribution < 1.29 is 4.79 Å². The maximum atomic E-state index is 13.0. The summed E-state index contributed by atoms with van der Waals surface area (Å²) in [6.07, 6.45) is 0.938. The summed E-state index contributed by atoms with van der Waals surface area (Å²) in [5.41, 5.74) is 3.72. The molecule has 0 radical (unpaired) electrons. The van der Waals surface area contributed by atoms with Gasteiger partial charge in [-0.1, -0.05) is 34.1 Å². The average molecular weight is 345 g/mol. The lowest BCUT2D eigenvalue weighted by Gasteiger charge is -2.23. The van der Waals surface area contributed by atoms with Gasteiger partial charge in [0, 0.05) is 23.1 Å². The molecular formula is C17H17BrN2O. The van der Waals surface area contributed by atoms with Crippen molar-refractivity contribution in [3.63, 3.8) is 0 Å². The largest absolute Gasteiger partial charge is 0.383 e. The summed E-state index contributed by atoms with van der Waals surface area (Å²) in [4.78, 5) is 14.8. The van der Waals surface area contributed by atoms with E-state index in [9.17, 15) is 4.79 Å². The third kappa shape index (κ3) is 2.68. The summed E-state index contributed by atoms with van der Waals surface area (Å²) in [6.45, 7) is 3.59. The highest BCUT2D eigenvalue weighted by Gasteiger charge is 2.23. The van der Waals surface area contributed by atoms with E-state index in [0.29, 0.717) is 0 Å². The highest BCUT2D eigenvalue weighted by atomic mass is 79.9. The Balaban J connectivity index is 2.03. The predicted octanol–water partition coefficient (Wildman–Crippen LogP) is 4.22. The van der Waals surface area contributed by atoms with Gasteiger partial charge in [-0.05, 0) is 43.2 Å². The van der Waals surface area contributed by atoms with Crippen molar-refractivity contribution >= 4 is 33.2 Å². The van der Waals surface area contributed by atoms with E-state index < -0.39 is 0 Å². The number of hydrogen-bond acceptors (Lipinski definition) is 2. The van der Waals surface area contributed by atoms with Crippen LogP contribution < -0.4 is 10.2 Å². The van der Waals surface area contributed by atoms with Gasteiger partial charge in [0.1, 0.15) is 0 Å². The molecule has 1 heterocycles. The van der Waals surface area contributed by atoms with E-state index in [1.807, 2.05) is 54.3 Å². The van der Waals surface area contributed by atoms with Crippen LogP contribution >= 0.6 is 15.9 Å². The van der Waals surface area contributed by atoms with E-state index in [-0.39, 0.29) is 5.91 Å². The van der Waals surface area contributed by atoms with Crippen LogP contribution in [0.5, 0.6) is 0 Å². The fourth-order valence-corrected chi connectivity index (χ4v) is 3.00. The Bertz CT molecular complexity index is 684. The Labute approximate surface area is 133 Å². The maximum absolute atomic E-state index is 13.0. The van der Waals surface area contributed by atoms with E-state index in [1.165, 1.54) is 0 Å². The molecule has 0 aromatic heterocycles. The van der Waals surface area contributed by atoms with E-state index in [4.69, 9.17) is 0 Å². The molecule has 0 aliphatic carbocycles. The molecule has 0 spiro atoms. The number of carbonyl (C=O) groups excluding carboxylic acids is 1. The molecule has 2 aromatic rings. The number of carbonyl (C=O) groups is 1. The summed E-state index contributed by atoms with van der Waals surface area (Å²) in [5, 5.41) is 3.38. The molecule has 0 fully saturated rings. The van der Waals surface area contributed by atoms with Crippen LogP contribution in [-0.4, -0.2) is 19.0 Å². The molecule has 0 saturated carbocycles. The van der Waals surface area contributed by atoms with Crippen LogP contribution in [0.25, 0.3) is 0 Å². The van der Waals surface area contributed by atoms with E-state index in [1.54, 1.807) is 0 Å². The van der Waals surface area contributed by atoms with Crippen LogP contribution in [0.15, 0.2) is 46.9 Å². The van der Waals surface area contributed by atoms with Gasteiger partial charge in [0.25, 0.3) is 5.91 Å². The first-order chi connectivity index (χ1) is 10.2. The summed E-state index contributed by atoms with van der Waals surface area (Å²) < 4.78 is 0.967. The lowest BCUT2D eigenvalue weighted by atomic mass is 10.1.